The SMILES string of the molecule is C=CNc1ccc(-c2ccc(OCCCC)cc2[N+](=O)[O-])cc1. The van der Waals surface area contributed by atoms with Crippen molar-refractivity contribution < 1.29 is 9.66 Å². The summed E-state index contributed by atoms with van der Waals surface area (Å²) >= 11 is 0. The molecule has 0 bridgehead atoms. The van der Waals surface area contributed by atoms with Gasteiger partial charge in [-0.15, -0.1) is 0 Å². The van der Waals surface area contributed by atoms with Crippen molar-refractivity contribution in [2.45, 2.75) is 19.8 Å². The fraction of sp³-hybridized carbons (Fsp3) is 0.222. The molecule has 0 fully saturated rings. The molecule has 5 nitrogen and oxygen atoms in total. The number of hydrogen-bond acceptors (Lipinski definition) is 4. The Morgan fingerprint density at radius 3 is 2.61 bits per heavy atom. The molecule has 2 rings (SSSR count). The third-order valence-electron chi connectivity index (χ3n) is 3.40. The minimum atomic E-state index is -0.377. The second-order valence-electron chi connectivity index (χ2n) is 5.06. The van der Waals surface area contributed by atoms with Crippen molar-refractivity contribution in [3.05, 3.63) is 65.4 Å². The van der Waals surface area contributed by atoms with E-state index in [-0.39, 0.29) is 10.6 Å². The van der Waals surface area contributed by atoms with Gasteiger partial charge in [0.15, 0.2) is 0 Å². The van der Waals surface area contributed by atoms with E-state index in [9.17, 15) is 10.1 Å². The molecule has 5 heteroatoms. The molecule has 0 saturated carbocycles. The predicted molar refractivity (Wildman–Crippen MR) is 92.8 cm³/mol. The van der Waals surface area contributed by atoms with E-state index in [0.717, 1.165) is 24.1 Å². The van der Waals surface area contributed by atoms with Crippen LogP contribution >= 0.6 is 0 Å². The maximum atomic E-state index is 11.4. The summed E-state index contributed by atoms with van der Waals surface area (Å²) < 4.78 is 5.55. The van der Waals surface area contributed by atoms with E-state index in [2.05, 4.69) is 18.8 Å². The van der Waals surface area contributed by atoms with Gasteiger partial charge in [0.05, 0.1) is 23.2 Å². The van der Waals surface area contributed by atoms with Gasteiger partial charge in [-0.25, -0.2) is 0 Å². The Kier molecular flexibility index (Phi) is 5.74. The molecular formula is C18H20N2O3. The summed E-state index contributed by atoms with van der Waals surface area (Å²) in [6.45, 7) is 6.23. The molecule has 120 valence electrons. The molecule has 0 aliphatic carbocycles. The van der Waals surface area contributed by atoms with Gasteiger partial charge in [0.25, 0.3) is 5.69 Å². The van der Waals surface area contributed by atoms with Gasteiger partial charge in [-0.3, -0.25) is 10.1 Å². The lowest BCUT2D eigenvalue weighted by Gasteiger charge is -2.09. The molecule has 0 radical (unpaired) electrons. The van der Waals surface area contributed by atoms with Gasteiger partial charge in [0.2, 0.25) is 0 Å². The van der Waals surface area contributed by atoms with Crippen LogP contribution in [-0.4, -0.2) is 11.5 Å². The number of rotatable bonds is 8. The van der Waals surface area contributed by atoms with Crippen LogP contribution in [0.25, 0.3) is 11.1 Å². The standard InChI is InChI=1S/C18H20N2O3/c1-3-5-12-23-16-10-11-17(18(13-16)20(21)22)14-6-8-15(9-7-14)19-4-2/h4,6-11,13,19H,2-3,5,12H2,1H3. The molecule has 0 heterocycles. The molecule has 0 aromatic heterocycles. The Labute approximate surface area is 135 Å². The first-order valence-corrected chi connectivity index (χ1v) is 7.54. The third-order valence-corrected chi connectivity index (χ3v) is 3.40. The number of ether oxygens (including phenoxy) is 1. The van der Waals surface area contributed by atoms with Crippen LogP contribution in [0, 0.1) is 10.1 Å². The Morgan fingerprint density at radius 2 is 2.00 bits per heavy atom. The summed E-state index contributed by atoms with van der Waals surface area (Å²) in [6.07, 6.45) is 3.53. The van der Waals surface area contributed by atoms with E-state index >= 15 is 0 Å². The smallest absolute Gasteiger partial charge is 0.280 e. The second-order valence-corrected chi connectivity index (χ2v) is 5.06. The normalized spacial score (nSPS) is 10.1. The van der Waals surface area contributed by atoms with E-state index in [0.29, 0.717) is 17.9 Å². The largest absolute Gasteiger partial charge is 0.493 e. The van der Waals surface area contributed by atoms with Crippen LogP contribution in [0.4, 0.5) is 11.4 Å². The van der Waals surface area contributed by atoms with Crippen molar-refractivity contribution in [1.82, 2.24) is 0 Å². The van der Waals surface area contributed by atoms with Gasteiger partial charge < -0.3 is 10.1 Å². The molecular weight excluding hydrogens is 292 g/mol. The number of unbranched alkanes of at least 4 members (excludes halogenated alkanes) is 1. The molecule has 0 aliphatic heterocycles. The Morgan fingerprint density at radius 1 is 1.26 bits per heavy atom. The van der Waals surface area contributed by atoms with Gasteiger partial charge in [0.1, 0.15) is 5.75 Å². The van der Waals surface area contributed by atoms with Crippen molar-refractivity contribution in [2.24, 2.45) is 0 Å². The number of benzene rings is 2. The maximum absolute atomic E-state index is 11.4. The minimum absolute atomic E-state index is 0.0448. The second kappa shape index (κ2) is 7.98. The van der Waals surface area contributed by atoms with Crippen LogP contribution < -0.4 is 10.1 Å². The summed E-state index contributed by atoms with van der Waals surface area (Å²) in [4.78, 5) is 11.0. The van der Waals surface area contributed by atoms with Crippen LogP contribution in [0.15, 0.2) is 55.2 Å². The maximum Gasteiger partial charge on any atom is 0.280 e. The van der Waals surface area contributed by atoms with Crippen LogP contribution in [0.1, 0.15) is 19.8 Å². The molecule has 23 heavy (non-hydrogen) atoms. The zero-order valence-electron chi connectivity index (χ0n) is 13.1. The number of nitrogens with one attached hydrogen (secondary N) is 1. The third kappa shape index (κ3) is 4.32. The van der Waals surface area contributed by atoms with E-state index in [1.807, 2.05) is 24.3 Å². The average Bonchev–Trinajstić information content (AvgIpc) is 2.56. The zero-order chi connectivity index (χ0) is 16.7. The average molecular weight is 312 g/mol. The lowest BCUT2D eigenvalue weighted by molar-refractivity contribution is -0.384. The molecule has 0 saturated heterocycles. The summed E-state index contributed by atoms with van der Waals surface area (Å²) in [5, 5.41) is 14.3. The van der Waals surface area contributed by atoms with Gasteiger partial charge in [0, 0.05) is 5.69 Å². The first-order chi connectivity index (χ1) is 11.2. The van der Waals surface area contributed by atoms with Crippen molar-refractivity contribution >= 4 is 11.4 Å². The molecule has 0 amide bonds. The number of nitro benzene ring substituents is 1. The molecule has 2 aromatic rings. The zero-order valence-corrected chi connectivity index (χ0v) is 13.1. The highest BCUT2D eigenvalue weighted by Gasteiger charge is 2.16. The van der Waals surface area contributed by atoms with Gasteiger partial charge in [-0.05, 0) is 42.4 Å². The first kappa shape index (κ1) is 16.5. The molecule has 0 atom stereocenters. The van der Waals surface area contributed by atoms with Crippen molar-refractivity contribution in [1.29, 1.82) is 0 Å². The monoisotopic (exact) mass is 312 g/mol. The molecule has 1 N–H and O–H groups in total. The summed E-state index contributed by atoms with van der Waals surface area (Å²) in [6, 6.07) is 12.4. The fourth-order valence-corrected chi connectivity index (χ4v) is 2.19. The van der Waals surface area contributed by atoms with Crippen molar-refractivity contribution in [3.63, 3.8) is 0 Å². The summed E-state index contributed by atoms with van der Waals surface area (Å²) in [7, 11) is 0. The number of anilines is 1. The van der Waals surface area contributed by atoms with Crippen molar-refractivity contribution in [3.8, 4) is 16.9 Å². The van der Waals surface area contributed by atoms with E-state index in [4.69, 9.17) is 4.74 Å². The fourth-order valence-electron chi connectivity index (χ4n) is 2.19. The molecule has 0 aliphatic rings. The van der Waals surface area contributed by atoms with Gasteiger partial charge in [-0.2, -0.15) is 0 Å². The van der Waals surface area contributed by atoms with E-state index in [1.54, 1.807) is 18.3 Å². The topological polar surface area (TPSA) is 64.4 Å². The highest BCUT2D eigenvalue weighted by Crippen LogP contribution is 2.33. The molecule has 2 aromatic carbocycles. The number of hydrogen-bond donors (Lipinski definition) is 1. The van der Waals surface area contributed by atoms with Crippen LogP contribution in [0.2, 0.25) is 0 Å². The quantitative estimate of drug-likeness (QED) is 0.423. The Bertz CT molecular complexity index is 681. The van der Waals surface area contributed by atoms with Gasteiger partial charge in [-0.1, -0.05) is 32.1 Å². The van der Waals surface area contributed by atoms with Crippen LogP contribution in [-0.2, 0) is 0 Å². The number of nitro groups is 1. The molecule has 0 spiro atoms. The van der Waals surface area contributed by atoms with E-state index in [1.165, 1.54) is 6.07 Å². The lowest BCUT2D eigenvalue weighted by atomic mass is 10.0. The number of nitrogens with zero attached hydrogens (tertiary/aromatic N) is 1. The highest BCUT2D eigenvalue weighted by atomic mass is 16.6. The van der Waals surface area contributed by atoms with Crippen LogP contribution in [0.5, 0.6) is 5.75 Å². The lowest BCUT2D eigenvalue weighted by Crippen LogP contribution is -1.98. The first-order valence-electron chi connectivity index (χ1n) is 7.54. The van der Waals surface area contributed by atoms with Crippen LogP contribution in [0.3, 0.4) is 0 Å². The highest BCUT2D eigenvalue weighted by molar-refractivity contribution is 5.75. The minimum Gasteiger partial charge on any atom is -0.493 e. The Balaban J connectivity index is 2.29. The van der Waals surface area contributed by atoms with Gasteiger partial charge >= 0.3 is 0 Å². The predicted octanol–water partition coefficient (Wildman–Crippen LogP) is 5.00. The van der Waals surface area contributed by atoms with Crippen molar-refractivity contribution in [2.75, 3.05) is 11.9 Å². The summed E-state index contributed by atoms with van der Waals surface area (Å²) in [5.41, 5.74) is 2.28. The summed E-state index contributed by atoms with van der Waals surface area (Å²) in [5.74, 6) is 0.527. The molecule has 0 unspecified atom stereocenters. The Hall–Kier alpha value is -2.82. The van der Waals surface area contributed by atoms with E-state index < -0.39 is 0 Å².